The Kier molecular flexibility index (Phi) is 7.85. The number of nitrogens with one attached hydrogen (secondary N) is 1. The number of thiophene rings is 1. The highest BCUT2D eigenvalue weighted by Crippen LogP contribution is 2.39. The van der Waals surface area contributed by atoms with Crippen molar-refractivity contribution < 1.29 is 9.76 Å². The molecule has 5 nitrogen and oxygen atoms in total. The minimum Gasteiger partial charge on any atom is -0.427 e. The third-order valence-corrected chi connectivity index (χ3v) is 10.2. The van der Waals surface area contributed by atoms with E-state index >= 15 is 0 Å². The van der Waals surface area contributed by atoms with Crippen molar-refractivity contribution >= 4 is 56.1 Å². The maximum absolute atomic E-state index is 10.8. The number of hydrogen-bond donors (Lipinski definition) is 2. The fourth-order valence-corrected chi connectivity index (χ4v) is 6.77. The Morgan fingerprint density at radius 1 is 0.717 bits per heavy atom. The van der Waals surface area contributed by atoms with Crippen LogP contribution in [0, 0.1) is 0 Å². The van der Waals surface area contributed by atoms with Gasteiger partial charge in [0.25, 0.3) is 0 Å². The van der Waals surface area contributed by atoms with Crippen molar-refractivity contribution in [3.63, 3.8) is 0 Å². The van der Waals surface area contributed by atoms with Crippen LogP contribution in [0.3, 0.4) is 0 Å². The molecule has 1 aromatic heterocycles. The van der Waals surface area contributed by atoms with E-state index in [9.17, 15) is 5.11 Å². The fraction of sp³-hybridized carbons (Fsp3) is 0.179. The Morgan fingerprint density at radius 2 is 1.37 bits per heavy atom. The van der Waals surface area contributed by atoms with E-state index in [0.717, 1.165) is 39.1 Å². The summed E-state index contributed by atoms with van der Waals surface area (Å²) in [5.74, 6) is 1.49. The Bertz CT molecular complexity index is 2080. The van der Waals surface area contributed by atoms with Gasteiger partial charge in [-0.15, -0.1) is 11.3 Å². The van der Waals surface area contributed by atoms with Crippen LogP contribution >= 0.6 is 11.3 Å². The van der Waals surface area contributed by atoms with Gasteiger partial charge in [-0.05, 0) is 62.0 Å². The van der Waals surface area contributed by atoms with E-state index < -0.39 is 11.2 Å². The van der Waals surface area contributed by atoms with Crippen molar-refractivity contribution in [3.05, 3.63) is 138 Å². The van der Waals surface area contributed by atoms with Crippen molar-refractivity contribution in [1.29, 1.82) is 0 Å². The van der Waals surface area contributed by atoms with Gasteiger partial charge in [0.05, 0.1) is 11.2 Å². The molecular formula is C39H36BN3O2S. The fourth-order valence-electron chi connectivity index (χ4n) is 5.66. The predicted molar refractivity (Wildman–Crippen MR) is 195 cm³/mol. The lowest BCUT2D eigenvalue weighted by Crippen LogP contribution is -2.49. The molecule has 2 N–H and O–H groups in total. The average Bonchev–Trinajstić information content (AvgIpc) is 3.46. The van der Waals surface area contributed by atoms with Gasteiger partial charge in [-0.1, -0.05) is 109 Å². The highest BCUT2D eigenvalue weighted by molar-refractivity contribution is 7.26. The second kappa shape index (κ2) is 12.0. The van der Waals surface area contributed by atoms with Crippen molar-refractivity contribution in [3.8, 4) is 11.1 Å². The number of fused-ring (bicyclic) bond motifs is 3. The predicted octanol–water partition coefficient (Wildman–Crippen LogP) is 7.76. The van der Waals surface area contributed by atoms with Crippen LogP contribution in [0.1, 0.15) is 50.6 Å². The smallest absolute Gasteiger partial charge is 0.310 e. The van der Waals surface area contributed by atoms with Crippen molar-refractivity contribution in [2.45, 2.75) is 45.1 Å². The maximum Gasteiger partial charge on any atom is 0.310 e. The van der Waals surface area contributed by atoms with Crippen LogP contribution in [0.5, 0.6) is 0 Å². The number of amidine groups is 2. The topological polar surface area (TPSA) is 66.2 Å². The van der Waals surface area contributed by atoms with Crippen LogP contribution in [0.25, 0.3) is 31.3 Å². The molecule has 0 fully saturated rings. The van der Waals surface area contributed by atoms with E-state index in [1.165, 1.54) is 20.2 Å². The molecule has 0 radical (unpaired) electrons. The molecule has 0 spiro atoms. The van der Waals surface area contributed by atoms with Crippen LogP contribution in [0.15, 0.2) is 131 Å². The quantitative estimate of drug-likeness (QED) is 0.171. The van der Waals surface area contributed by atoms with Gasteiger partial charge in [-0.25, -0.2) is 9.98 Å². The molecule has 1 atom stereocenters. The average molecular weight is 622 g/mol. The highest BCUT2D eigenvalue weighted by atomic mass is 32.1. The summed E-state index contributed by atoms with van der Waals surface area (Å²) < 4.78 is 8.90. The van der Waals surface area contributed by atoms with E-state index in [1.807, 2.05) is 50.2 Å². The minimum absolute atomic E-state index is 0.252. The molecule has 7 rings (SSSR count). The van der Waals surface area contributed by atoms with Crippen molar-refractivity contribution in [2.24, 2.45) is 9.98 Å². The zero-order chi connectivity index (χ0) is 31.9. The Balaban J connectivity index is 1.32. The van der Waals surface area contributed by atoms with Crippen LogP contribution in [0.2, 0.25) is 0 Å². The molecule has 46 heavy (non-hydrogen) atoms. The molecule has 2 heterocycles. The second-order valence-electron chi connectivity index (χ2n) is 12.7. The highest BCUT2D eigenvalue weighted by Gasteiger charge is 2.36. The monoisotopic (exact) mass is 621 g/mol. The number of rotatable bonds is 8. The standard InChI is InChI=1S/C39H36BN3O2S/c1-38(2,44)39(3,4)45-40-30-23-24-32-34(29-17-11-12-18-31(29)46-32)33(30)25-19-21-28(22-20-25)37-42-35(26-13-7-5-8-14-26)41-36(43-37)27-15-9-6-10-16-27/h5-24,35,40,44H,1-4H3,(H,41,42,43). The van der Waals surface area contributed by atoms with E-state index in [-0.39, 0.29) is 6.17 Å². The molecule has 1 aliphatic rings. The summed E-state index contributed by atoms with van der Waals surface area (Å²) in [5, 5.41) is 16.8. The summed E-state index contributed by atoms with van der Waals surface area (Å²) in [6.07, 6.45) is -0.252. The zero-order valence-electron chi connectivity index (χ0n) is 26.5. The van der Waals surface area contributed by atoms with Gasteiger partial charge in [0, 0.05) is 31.3 Å². The SMILES string of the molecule is CC(C)(O)C(C)(C)OBc1ccc2sc3ccccc3c2c1-c1ccc(C2=NC(c3ccccc3)NC(c3ccccc3)=N2)cc1. The first-order chi connectivity index (χ1) is 22.2. The lowest BCUT2D eigenvalue weighted by atomic mass is 9.77. The first-order valence-corrected chi connectivity index (χ1v) is 16.4. The van der Waals surface area contributed by atoms with E-state index in [0.29, 0.717) is 13.3 Å². The Morgan fingerprint density at radius 3 is 2.09 bits per heavy atom. The summed E-state index contributed by atoms with van der Waals surface area (Å²) in [7, 11) is 0.371. The first kappa shape index (κ1) is 30.1. The Labute approximate surface area is 274 Å². The van der Waals surface area contributed by atoms with E-state index in [4.69, 9.17) is 14.6 Å². The maximum atomic E-state index is 10.8. The molecule has 0 bridgehead atoms. The number of aliphatic imine (C=N–C) groups is 2. The molecule has 5 aromatic carbocycles. The molecule has 0 amide bonds. The van der Waals surface area contributed by atoms with E-state index in [1.54, 1.807) is 25.2 Å². The molecular weight excluding hydrogens is 585 g/mol. The number of aliphatic hydroxyl groups is 1. The number of nitrogens with zero attached hydrogens (tertiary/aromatic N) is 2. The van der Waals surface area contributed by atoms with Crippen LogP contribution in [-0.2, 0) is 4.65 Å². The zero-order valence-corrected chi connectivity index (χ0v) is 27.3. The summed E-state index contributed by atoms with van der Waals surface area (Å²) >= 11 is 1.80. The van der Waals surface area contributed by atoms with Crippen LogP contribution in [-0.4, -0.2) is 35.5 Å². The second-order valence-corrected chi connectivity index (χ2v) is 13.8. The van der Waals surface area contributed by atoms with Gasteiger partial charge in [0.1, 0.15) is 12.0 Å². The lowest BCUT2D eigenvalue weighted by Gasteiger charge is -2.37. The van der Waals surface area contributed by atoms with Crippen molar-refractivity contribution in [1.82, 2.24) is 5.32 Å². The molecule has 0 saturated heterocycles. The Hall–Kier alpha value is -4.56. The normalized spacial score (nSPS) is 15.4. The molecule has 0 aliphatic carbocycles. The van der Waals surface area contributed by atoms with Gasteiger partial charge >= 0.3 is 7.48 Å². The summed E-state index contributed by atoms with van der Waals surface area (Å²) in [6, 6.07) is 42.0. The van der Waals surface area contributed by atoms with Gasteiger partial charge in [-0.2, -0.15) is 0 Å². The van der Waals surface area contributed by atoms with Gasteiger partial charge in [-0.3, -0.25) is 0 Å². The molecule has 1 aliphatic heterocycles. The number of benzene rings is 5. The van der Waals surface area contributed by atoms with Gasteiger partial charge in [0.2, 0.25) is 0 Å². The lowest BCUT2D eigenvalue weighted by molar-refractivity contribution is -0.0893. The summed E-state index contributed by atoms with van der Waals surface area (Å²) in [6.45, 7) is 7.46. The first-order valence-electron chi connectivity index (χ1n) is 15.6. The number of hydrogen-bond acceptors (Lipinski definition) is 6. The van der Waals surface area contributed by atoms with Crippen molar-refractivity contribution in [2.75, 3.05) is 0 Å². The van der Waals surface area contributed by atoms with Crippen LogP contribution in [0.4, 0.5) is 0 Å². The largest absolute Gasteiger partial charge is 0.427 e. The third-order valence-electron chi connectivity index (χ3n) is 9.03. The third kappa shape index (κ3) is 5.78. The van der Waals surface area contributed by atoms with Crippen LogP contribution < -0.4 is 10.8 Å². The van der Waals surface area contributed by atoms with E-state index in [2.05, 4.69) is 90.2 Å². The molecule has 1 unspecified atom stereocenters. The summed E-state index contributed by atoms with van der Waals surface area (Å²) in [4.78, 5) is 10.0. The molecule has 228 valence electrons. The van der Waals surface area contributed by atoms with Gasteiger partial charge < -0.3 is 15.1 Å². The minimum atomic E-state index is -1.000. The molecule has 0 saturated carbocycles. The molecule has 6 aromatic rings. The molecule has 7 heteroatoms. The summed E-state index contributed by atoms with van der Waals surface area (Å²) in [5.41, 5.74) is 4.63. The van der Waals surface area contributed by atoms with Gasteiger partial charge in [0.15, 0.2) is 5.84 Å².